The van der Waals surface area contributed by atoms with Crippen LogP contribution in [0.1, 0.15) is 25.3 Å². The molecule has 1 unspecified atom stereocenters. The van der Waals surface area contributed by atoms with Gasteiger partial charge in [0, 0.05) is 53.2 Å². The van der Waals surface area contributed by atoms with Gasteiger partial charge in [0.15, 0.2) is 0 Å². The largest absolute Gasteiger partial charge is 0.381 e. The van der Waals surface area contributed by atoms with Crippen LogP contribution in [0.2, 0.25) is 10.0 Å². The van der Waals surface area contributed by atoms with Crippen molar-refractivity contribution in [1.29, 1.82) is 0 Å². The SMILES string of the molecule is CC1=NCC(C(=O)N(CCC2CCOC2)Cc2c(Cl)cccc2Cl)=C1. The number of ether oxygens (including phenoxy) is 1. The summed E-state index contributed by atoms with van der Waals surface area (Å²) in [6.45, 7) is 5.01. The predicted molar refractivity (Wildman–Crippen MR) is 101 cm³/mol. The van der Waals surface area contributed by atoms with E-state index in [4.69, 9.17) is 27.9 Å². The number of aliphatic imine (C=N–C) groups is 1. The van der Waals surface area contributed by atoms with Crippen LogP contribution < -0.4 is 0 Å². The highest BCUT2D eigenvalue weighted by Gasteiger charge is 2.24. The Labute approximate surface area is 158 Å². The van der Waals surface area contributed by atoms with Gasteiger partial charge in [0.2, 0.25) is 0 Å². The lowest BCUT2D eigenvalue weighted by atomic mass is 10.0. The molecule has 1 atom stereocenters. The maximum Gasteiger partial charge on any atom is 0.252 e. The third-order valence-electron chi connectivity index (χ3n) is 4.69. The van der Waals surface area contributed by atoms with Crippen molar-refractivity contribution < 1.29 is 9.53 Å². The standard InChI is InChI=1S/C19H22Cl2N2O2/c1-13-9-15(10-22-13)19(24)23(7-5-14-6-8-25-12-14)11-16-17(20)3-2-4-18(16)21/h2-4,9,14H,5-8,10-12H2,1H3. The molecule has 0 radical (unpaired) electrons. The molecule has 0 aromatic heterocycles. The summed E-state index contributed by atoms with van der Waals surface area (Å²) in [4.78, 5) is 19.1. The topological polar surface area (TPSA) is 41.9 Å². The van der Waals surface area contributed by atoms with Crippen LogP contribution in [0.25, 0.3) is 0 Å². The Morgan fingerprint density at radius 3 is 2.72 bits per heavy atom. The first-order chi connectivity index (χ1) is 12.0. The maximum absolute atomic E-state index is 13.0. The predicted octanol–water partition coefficient (Wildman–Crippen LogP) is 4.15. The van der Waals surface area contributed by atoms with Crippen LogP contribution in [0, 0.1) is 5.92 Å². The zero-order valence-corrected chi connectivity index (χ0v) is 15.8. The van der Waals surface area contributed by atoms with Gasteiger partial charge in [0.1, 0.15) is 0 Å². The molecule has 0 N–H and O–H groups in total. The number of halogens is 2. The zero-order chi connectivity index (χ0) is 17.8. The highest BCUT2D eigenvalue weighted by atomic mass is 35.5. The molecular formula is C19H22Cl2N2O2. The molecular weight excluding hydrogens is 359 g/mol. The first kappa shape index (κ1) is 18.4. The zero-order valence-electron chi connectivity index (χ0n) is 14.3. The van der Waals surface area contributed by atoms with Gasteiger partial charge >= 0.3 is 0 Å². The Morgan fingerprint density at radius 2 is 2.12 bits per heavy atom. The van der Waals surface area contributed by atoms with Gasteiger partial charge in [-0.25, -0.2) is 0 Å². The summed E-state index contributed by atoms with van der Waals surface area (Å²) in [7, 11) is 0. The minimum atomic E-state index is 0.00972. The van der Waals surface area contributed by atoms with E-state index in [9.17, 15) is 4.79 Å². The first-order valence-electron chi connectivity index (χ1n) is 8.56. The normalized spacial score (nSPS) is 19.7. The maximum atomic E-state index is 13.0. The molecule has 1 aromatic carbocycles. The molecule has 6 heteroatoms. The smallest absolute Gasteiger partial charge is 0.252 e. The summed E-state index contributed by atoms with van der Waals surface area (Å²) in [6, 6.07) is 5.42. The van der Waals surface area contributed by atoms with E-state index in [1.54, 1.807) is 12.1 Å². The second kappa shape index (κ2) is 8.35. The number of hydrogen-bond donors (Lipinski definition) is 0. The molecule has 0 bridgehead atoms. The van der Waals surface area contributed by atoms with Crippen molar-refractivity contribution in [2.24, 2.45) is 10.9 Å². The molecule has 2 aliphatic rings. The highest BCUT2D eigenvalue weighted by molar-refractivity contribution is 6.36. The van der Waals surface area contributed by atoms with Crippen molar-refractivity contribution >= 4 is 34.8 Å². The Morgan fingerprint density at radius 1 is 1.36 bits per heavy atom. The van der Waals surface area contributed by atoms with E-state index in [0.717, 1.165) is 42.9 Å². The lowest BCUT2D eigenvalue weighted by molar-refractivity contribution is -0.127. The number of allylic oxidation sites excluding steroid dienone is 1. The van der Waals surface area contributed by atoms with Gasteiger partial charge in [-0.1, -0.05) is 29.3 Å². The van der Waals surface area contributed by atoms with Crippen LogP contribution >= 0.6 is 23.2 Å². The summed E-state index contributed by atoms with van der Waals surface area (Å²) in [5.74, 6) is 0.517. The number of carbonyl (C=O) groups is 1. The van der Waals surface area contributed by atoms with Crippen LogP contribution in [0.3, 0.4) is 0 Å². The van der Waals surface area contributed by atoms with Crippen LogP contribution in [0.5, 0.6) is 0 Å². The van der Waals surface area contributed by atoms with Crippen molar-refractivity contribution in [2.45, 2.75) is 26.3 Å². The quantitative estimate of drug-likeness (QED) is 0.743. The summed E-state index contributed by atoms with van der Waals surface area (Å²) in [6.07, 6.45) is 3.84. The Bertz CT molecular complexity index is 689. The second-order valence-electron chi connectivity index (χ2n) is 6.57. The fraction of sp³-hybridized carbons (Fsp3) is 0.474. The van der Waals surface area contributed by atoms with Crippen LogP contribution in [-0.2, 0) is 16.1 Å². The van der Waals surface area contributed by atoms with Crippen molar-refractivity contribution in [3.05, 3.63) is 45.5 Å². The number of amides is 1. The molecule has 134 valence electrons. The van der Waals surface area contributed by atoms with E-state index in [1.165, 1.54) is 0 Å². The Balaban J connectivity index is 1.75. The van der Waals surface area contributed by atoms with Gasteiger partial charge < -0.3 is 9.64 Å². The number of rotatable bonds is 6. The summed E-state index contributed by atoms with van der Waals surface area (Å²) >= 11 is 12.6. The summed E-state index contributed by atoms with van der Waals surface area (Å²) < 4.78 is 5.44. The fourth-order valence-electron chi connectivity index (χ4n) is 3.16. The van der Waals surface area contributed by atoms with E-state index in [1.807, 2.05) is 24.0 Å². The molecule has 1 fully saturated rings. The molecule has 0 aliphatic carbocycles. The monoisotopic (exact) mass is 380 g/mol. The third-order valence-corrected chi connectivity index (χ3v) is 5.39. The molecule has 1 aromatic rings. The molecule has 1 saturated heterocycles. The number of hydrogen-bond acceptors (Lipinski definition) is 3. The highest BCUT2D eigenvalue weighted by Crippen LogP contribution is 2.27. The minimum absolute atomic E-state index is 0.00972. The van der Waals surface area contributed by atoms with Crippen molar-refractivity contribution in [1.82, 2.24) is 4.90 Å². The van der Waals surface area contributed by atoms with E-state index >= 15 is 0 Å². The van der Waals surface area contributed by atoms with Gasteiger partial charge in [0.25, 0.3) is 5.91 Å². The van der Waals surface area contributed by atoms with Gasteiger partial charge in [-0.2, -0.15) is 0 Å². The Kier molecular flexibility index (Phi) is 6.15. The van der Waals surface area contributed by atoms with Gasteiger partial charge in [-0.3, -0.25) is 9.79 Å². The van der Waals surface area contributed by atoms with Crippen LogP contribution in [0.15, 0.2) is 34.8 Å². The van der Waals surface area contributed by atoms with E-state index in [-0.39, 0.29) is 5.91 Å². The first-order valence-corrected chi connectivity index (χ1v) is 9.31. The van der Waals surface area contributed by atoms with E-state index < -0.39 is 0 Å². The van der Waals surface area contributed by atoms with Gasteiger partial charge in [-0.05, 0) is 43.9 Å². The molecule has 25 heavy (non-hydrogen) atoms. The third kappa shape index (κ3) is 4.63. The Hall–Kier alpha value is -1.36. The molecule has 2 heterocycles. The lowest BCUT2D eigenvalue weighted by Crippen LogP contribution is -2.34. The van der Waals surface area contributed by atoms with Crippen molar-refractivity contribution in [3.63, 3.8) is 0 Å². The fourth-order valence-corrected chi connectivity index (χ4v) is 3.68. The number of carbonyl (C=O) groups excluding carboxylic acids is 1. The average molecular weight is 381 g/mol. The summed E-state index contributed by atoms with van der Waals surface area (Å²) in [5.41, 5.74) is 2.41. The minimum Gasteiger partial charge on any atom is -0.381 e. The molecule has 0 saturated carbocycles. The molecule has 0 spiro atoms. The number of benzene rings is 1. The molecule has 2 aliphatic heterocycles. The lowest BCUT2D eigenvalue weighted by Gasteiger charge is -2.25. The van der Waals surface area contributed by atoms with E-state index in [2.05, 4.69) is 4.99 Å². The molecule has 3 rings (SSSR count). The average Bonchev–Trinajstić information content (AvgIpc) is 3.25. The van der Waals surface area contributed by atoms with Gasteiger partial charge in [-0.15, -0.1) is 0 Å². The summed E-state index contributed by atoms with van der Waals surface area (Å²) in [5, 5.41) is 1.17. The van der Waals surface area contributed by atoms with Crippen LogP contribution in [0.4, 0.5) is 0 Å². The van der Waals surface area contributed by atoms with Gasteiger partial charge in [0.05, 0.1) is 6.54 Å². The molecule has 4 nitrogen and oxygen atoms in total. The van der Waals surface area contributed by atoms with Crippen LogP contribution in [-0.4, -0.2) is 42.8 Å². The second-order valence-corrected chi connectivity index (χ2v) is 7.39. The molecule has 1 amide bonds. The van der Waals surface area contributed by atoms with E-state index in [0.29, 0.717) is 35.6 Å². The number of nitrogens with zero attached hydrogens (tertiary/aromatic N) is 2. The van der Waals surface area contributed by atoms with Crippen molar-refractivity contribution in [3.8, 4) is 0 Å². The van der Waals surface area contributed by atoms with Crippen molar-refractivity contribution in [2.75, 3.05) is 26.3 Å².